The van der Waals surface area contributed by atoms with Gasteiger partial charge in [-0.2, -0.15) is 9.78 Å². The summed E-state index contributed by atoms with van der Waals surface area (Å²) < 4.78 is 3.54. The molecule has 2 N–H and O–H groups in total. The van der Waals surface area contributed by atoms with E-state index in [-0.39, 0.29) is 5.56 Å². The minimum Gasteiger partial charge on any atom is -0.318 e. The van der Waals surface area contributed by atoms with Crippen LogP contribution in [0.2, 0.25) is 0 Å². The van der Waals surface area contributed by atoms with Gasteiger partial charge in [0, 0.05) is 20.1 Å². The average Bonchev–Trinajstić information content (AvgIpc) is 3.16. The highest BCUT2D eigenvalue weighted by Gasteiger charge is 2.34. The zero-order valence-electron chi connectivity index (χ0n) is 14.1. The molecule has 2 aromatic carbocycles. The third-order valence-electron chi connectivity index (χ3n) is 4.55. The number of anilines is 2. The fourth-order valence-electron chi connectivity index (χ4n) is 3.35. The summed E-state index contributed by atoms with van der Waals surface area (Å²) in [5.41, 5.74) is 3.22. The lowest BCUT2D eigenvalue weighted by Crippen LogP contribution is -2.29. The van der Waals surface area contributed by atoms with Gasteiger partial charge < -0.3 is 5.32 Å². The Morgan fingerprint density at radius 3 is 2.64 bits per heavy atom. The van der Waals surface area contributed by atoms with Crippen LogP contribution < -0.4 is 10.9 Å². The van der Waals surface area contributed by atoms with Gasteiger partial charge in [-0.3, -0.25) is 4.79 Å². The summed E-state index contributed by atoms with van der Waals surface area (Å²) in [4.78, 5) is 12.6. The van der Waals surface area contributed by atoms with Crippen molar-refractivity contribution in [2.24, 2.45) is 0 Å². The second-order valence-electron chi connectivity index (χ2n) is 6.23. The van der Waals surface area contributed by atoms with Crippen molar-refractivity contribution in [1.82, 2.24) is 30.4 Å². The van der Waals surface area contributed by atoms with Crippen molar-refractivity contribution in [2.75, 3.05) is 5.32 Å². The molecule has 2 aromatic heterocycles. The van der Waals surface area contributed by atoms with E-state index in [9.17, 15) is 4.79 Å². The van der Waals surface area contributed by atoms with E-state index < -0.39 is 6.04 Å². The number of aromatic nitrogens is 6. The lowest BCUT2D eigenvalue weighted by Gasteiger charge is -2.27. The van der Waals surface area contributed by atoms with Crippen LogP contribution in [0.3, 0.4) is 0 Å². The molecule has 0 spiro atoms. The molecule has 1 aliphatic rings. The van der Waals surface area contributed by atoms with Gasteiger partial charge in [-0.05, 0) is 40.3 Å². The molecule has 0 radical (unpaired) electrons. The fraction of sp³-hybridized carbons (Fsp3) is 0.0556. The van der Waals surface area contributed by atoms with Gasteiger partial charge in [-0.25, -0.2) is 5.10 Å². The molecule has 138 valence electrons. The SMILES string of the molecule is O=c1[nH]nc(-c2ccc(Br)cc2)c2c1Nc1nnnn1[C@@H]2c1cccc(Br)c1. The Labute approximate surface area is 175 Å². The van der Waals surface area contributed by atoms with Crippen LogP contribution in [0, 0.1) is 0 Å². The summed E-state index contributed by atoms with van der Waals surface area (Å²) in [5.74, 6) is 0.399. The van der Waals surface area contributed by atoms with E-state index in [0.717, 1.165) is 20.1 Å². The number of hydrogen-bond acceptors (Lipinski definition) is 6. The van der Waals surface area contributed by atoms with E-state index in [1.165, 1.54) is 0 Å². The molecule has 3 heterocycles. The number of H-pyrrole nitrogens is 1. The summed E-state index contributed by atoms with van der Waals surface area (Å²) in [6, 6.07) is 15.2. The van der Waals surface area contributed by atoms with Gasteiger partial charge >= 0.3 is 0 Å². The molecule has 0 amide bonds. The number of nitrogens with zero attached hydrogens (tertiary/aromatic N) is 5. The molecule has 0 unspecified atom stereocenters. The first-order valence-electron chi connectivity index (χ1n) is 8.30. The summed E-state index contributed by atoms with van der Waals surface area (Å²) in [6.45, 7) is 0. The molecule has 0 saturated heterocycles. The third kappa shape index (κ3) is 2.76. The van der Waals surface area contributed by atoms with E-state index in [2.05, 4.69) is 62.9 Å². The number of benzene rings is 2. The van der Waals surface area contributed by atoms with E-state index in [1.54, 1.807) is 4.68 Å². The highest BCUT2D eigenvalue weighted by atomic mass is 79.9. The summed E-state index contributed by atoms with van der Waals surface area (Å²) in [6.07, 6.45) is 0. The first-order valence-corrected chi connectivity index (χ1v) is 9.89. The standard InChI is InChI=1S/C18H11Br2N7O/c19-11-6-4-9(5-7-11)14-13-15(17(28)23-22-14)21-18-24-25-26-27(18)16(13)10-2-1-3-12(20)8-10/h1-8,16H,(H,23,28)(H,21,24,26)/t16-/m1/s1. The molecule has 1 aliphatic heterocycles. The molecule has 0 saturated carbocycles. The Morgan fingerprint density at radius 2 is 1.86 bits per heavy atom. The van der Waals surface area contributed by atoms with E-state index in [4.69, 9.17) is 0 Å². The third-order valence-corrected chi connectivity index (χ3v) is 5.57. The predicted octanol–water partition coefficient (Wildman–Crippen LogP) is 3.64. The van der Waals surface area contributed by atoms with Crippen LogP contribution in [0.5, 0.6) is 0 Å². The van der Waals surface area contributed by atoms with Crippen LogP contribution >= 0.6 is 31.9 Å². The van der Waals surface area contributed by atoms with Crippen LogP contribution in [0.25, 0.3) is 11.3 Å². The van der Waals surface area contributed by atoms with Gasteiger partial charge in [0.1, 0.15) is 11.7 Å². The van der Waals surface area contributed by atoms with Crippen molar-refractivity contribution in [1.29, 1.82) is 0 Å². The normalized spacial score (nSPS) is 14.9. The number of nitrogens with one attached hydrogen (secondary N) is 2. The second kappa shape index (κ2) is 6.64. The summed E-state index contributed by atoms with van der Waals surface area (Å²) in [5, 5.41) is 21.9. The molecular formula is C18H11Br2N7O. The first-order chi connectivity index (χ1) is 13.6. The van der Waals surface area contributed by atoms with Crippen molar-refractivity contribution in [3.63, 3.8) is 0 Å². The first kappa shape index (κ1) is 17.3. The number of hydrogen-bond donors (Lipinski definition) is 2. The van der Waals surface area contributed by atoms with E-state index >= 15 is 0 Å². The Hall–Kier alpha value is -2.85. The maximum atomic E-state index is 12.6. The molecule has 0 bridgehead atoms. The van der Waals surface area contributed by atoms with Gasteiger partial charge in [0.15, 0.2) is 0 Å². The minimum absolute atomic E-state index is 0.329. The Kier molecular flexibility index (Phi) is 4.09. The van der Waals surface area contributed by atoms with Gasteiger partial charge in [0.25, 0.3) is 5.56 Å². The van der Waals surface area contributed by atoms with Crippen molar-refractivity contribution < 1.29 is 0 Å². The highest BCUT2D eigenvalue weighted by Crippen LogP contribution is 2.41. The van der Waals surface area contributed by atoms with Crippen molar-refractivity contribution in [2.45, 2.75) is 6.04 Å². The zero-order valence-corrected chi connectivity index (χ0v) is 17.3. The number of aromatic amines is 1. The van der Waals surface area contributed by atoms with Gasteiger partial charge in [-0.15, -0.1) is 0 Å². The number of tetrazole rings is 1. The van der Waals surface area contributed by atoms with E-state index in [1.807, 2.05) is 48.5 Å². The Bertz CT molecular complexity index is 1250. The summed E-state index contributed by atoms with van der Waals surface area (Å²) >= 11 is 6.97. The predicted molar refractivity (Wildman–Crippen MR) is 110 cm³/mol. The number of halogens is 2. The van der Waals surface area contributed by atoms with Crippen LogP contribution in [0.15, 0.2) is 62.3 Å². The van der Waals surface area contributed by atoms with Crippen molar-refractivity contribution in [3.8, 4) is 11.3 Å². The quantitative estimate of drug-likeness (QED) is 0.383. The Balaban J connectivity index is 1.82. The topological polar surface area (TPSA) is 101 Å². The van der Waals surface area contributed by atoms with Crippen LogP contribution in [0.4, 0.5) is 11.6 Å². The highest BCUT2D eigenvalue weighted by molar-refractivity contribution is 9.10. The number of rotatable bonds is 2. The lowest BCUT2D eigenvalue weighted by molar-refractivity contribution is 0.567. The van der Waals surface area contributed by atoms with Crippen LogP contribution in [-0.4, -0.2) is 30.4 Å². The monoisotopic (exact) mass is 499 g/mol. The van der Waals surface area contributed by atoms with Crippen LogP contribution in [-0.2, 0) is 0 Å². The van der Waals surface area contributed by atoms with Crippen LogP contribution in [0.1, 0.15) is 17.2 Å². The number of fused-ring (bicyclic) bond motifs is 2. The summed E-state index contributed by atoms with van der Waals surface area (Å²) in [7, 11) is 0. The van der Waals surface area contributed by atoms with Gasteiger partial charge in [0.05, 0.1) is 5.69 Å². The molecule has 0 aliphatic carbocycles. The molecule has 10 heteroatoms. The Morgan fingerprint density at radius 1 is 1.04 bits per heavy atom. The van der Waals surface area contributed by atoms with E-state index in [0.29, 0.717) is 22.9 Å². The molecule has 5 rings (SSSR count). The molecule has 8 nitrogen and oxygen atoms in total. The smallest absolute Gasteiger partial charge is 0.288 e. The maximum absolute atomic E-state index is 12.6. The van der Waals surface area contributed by atoms with Gasteiger partial charge in [0.2, 0.25) is 5.95 Å². The van der Waals surface area contributed by atoms with Gasteiger partial charge in [-0.1, -0.05) is 61.2 Å². The van der Waals surface area contributed by atoms with Crippen molar-refractivity contribution in [3.05, 3.63) is 79.0 Å². The minimum atomic E-state index is -0.410. The maximum Gasteiger partial charge on any atom is 0.288 e. The molecular weight excluding hydrogens is 490 g/mol. The molecule has 1 atom stereocenters. The average molecular weight is 501 g/mol. The molecule has 4 aromatic rings. The lowest BCUT2D eigenvalue weighted by atomic mass is 9.92. The van der Waals surface area contributed by atoms with Crippen molar-refractivity contribution >= 4 is 43.5 Å². The molecule has 28 heavy (non-hydrogen) atoms. The largest absolute Gasteiger partial charge is 0.318 e. The fourth-order valence-corrected chi connectivity index (χ4v) is 4.03. The molecule has 0 fully saturated rings. The zero-order chi connectivity index (χ0) is 19.3. The second-order valence-corrected chi connectivity index (χ2v) is 8.06.